The van der Waals surface area contributed by atoms with Gasteiger partial charge in [0.05, 0.1) is 13.0 Å². The van der Waals surface area contributed by atoms with Crippen molar-refractivity contribution in [2.24, 2.45) is 0 Å². The first-order valence-corrected chi connectivity index (χ1v) is 5.16. The third-order valence-corrected chi connectivity index (χ3v) is 2.15. The van der Waals surface area contributed by atoms with E-state index in [-0.39, 0.29) is 12.5 Å². The molecule has 0 aliphatic rings. The lowest BCUT2D eigenvalue weighted by molar-refractivity contribution is -0.130. The lowest BCUT2D eigenvalue weighted by Crippen LogP contribution is -2.34. The van der Waals surface area contributed by atoms with Crippen molar-refractivity contribution in [2.45, 2.75) is 6.42 Å². The molecule has 1 aromatic heterocycles. The van der Waals surface area contributed by atoms with Crippen LogP contribution in [0.1, 0.15) is 5.56 Å². The fraction of sp³-hybridized carbons (Fsp3) is 0.333. The molecule has 0 unspecified atom stereocenters. The van der Waals surface area contributed by atoms with Gasteiger partial charge >= 0.3 is 0 Å². The van der Waals surface area contributed by atoms with Gasteiger partial charge < -0.3 is 10.0 Å². The molecule has 1 heterocycles. The number of aromatic nitrogens is 1. The van der Waals surface area contributed by atoms with Crippen molar-refractivity contribution in [3.63, 3.8) is 0 Å². The molecule has 1 aromatic rings. The number of hydrogen-bond donors (Lipinski definition) is 1. The number of carbonyl (C=O) groups is 1. The van der Waals surface area contributed by atoms with E-state index >= 15 is 0 Å². The lowest BCUT2D eigenvalue weighted by Gasteiger charge is -2.19. The maximum absolute atomic E-state index is 11.8. The van der Waals surface area contributed by atoms with Gasteiger partial charge in [-0.2, -0.15) is 0 Å². The number of aliphatic hydroxyl groups is 1. The monoisotopic (exact) mass is 220 g/mol. The van der Waals surface area contributed by atoms with Gasteiger partial charge in [-0.3, -0.25) is 9.78 Å². The number of pyridine rings is 1. The molecule has 0 atom stereocenters. The predicted molar refractivity (Wildman–Crippen MR) is 61.8 cm³/mol. The van der Waals surface area contributed by atoms with Crippen molar-refractivity contribution < 1.29 is 9.90 Å². The third kappa shape index (κ3) is 3.82. The van der Waals surface area contributed by atoms with Crippen LogP contribution in [-0.2, 0) is 11.2 Å². The van der Waals surface area contributed by atoms with Crippen molar-refractivity contribution in [3.05, 3.63) is 42.7 Å². The molecule has 86 valence electrons. The summed E-state index contributed by atoms with van der Waals surface area (Å²) in [6.07, 6.45) is 5.30. The molecule has 0 saturated heterocycles. The predicted octanol–water partition coefficient (Wildman–Crippen LogP) is 0.631. The minimum atomic E-state index is -0.0351. The van der Waals surface area contributed by atoms with Crippen molar-refractivity contribution in [3.8, 4) is 0 Å². The average molecular weight is 220 g/mol. The van der Waals surface area contributed by atoms with Crippen LogP contribution in [-0.4, -0.2) is 40.6 Å². The minimum Gasteiger partial charge on any atom is -0.395 e. The second kappa shape index (κ2) is 6.74. The Kier molecular flexibility index (Phi) is 5.22. The zero-order chi connectivity index (χ0) is 11.8. The van der Waals surface area contributed by atoms with Crippen LogP contribution >= 0.6 is 0 Å². The van der Waals surface area contributed by atoms with Crippen molar-refractivity contribution in [1.29, 1.82) is 0 Å². The number of carbonyl (C=O) groups excluding carboxylic acids is 1. The SMILES string of the molecule is C=CCN(CCO)C(=O)Cc1cccnc1. The summed E-state index contributed by atoms with van der Waals surface area (Å²) in [5.41, 5.74) is 0.875. The van der Waals surface area contributed by atoms with E-state index in [1.54, 1.807) is 29.4 Å². The van der Waals surface area contributed by atoms with Crippen LogP contribution in [0.3, 0.4) is 0 Å². The standard InChI is InChI=1S/C12H16N2O2/c1-2-6-14(7-8-15)12(16)9-11-4-3-5-13-10-11/h2-5,10,15H,1,6-9H2. The molecule has 0 spiro atoms. The molecule has 0 aliphatic heterocycles. The number of rotatable bonds is 6. The summed E-state index contributed by atoms with van der Waals surface area (Å²) >= 11 is 0. The van der Waals surface area contributed by atoms with E-state index in [1.807, 2.05) is 6.07 Å². The first-order valence-electron chi connectivity index (χ1n) is 5.16. The minimum absolute atomic E-state index is 0.0260. The Balaban J connectivity index is 2.58. The molecular weight excluding hydrogens is 204 g/mol. The number of aliphatic hydroxyl groups excluding tert-OH is 1. The van der Waals surface area contributed by atoms with Crippen LogP contribution < -0.4 is 0 Å². The van der Waals surface area contributed by atoms with Gasteiger partial charge in [0.2, 0.25) is 5.91 Å². The second-order valence-corrected chi connectivity index (χ2v) is 3.39. The van der Waals surface area contributed by atoms with Gasteiger partial charge in [0, 0.05) is 25.5 Å². The van der Waals surface area contributed by atoms with E-state index in [2.05, 4.69) is 11.6 Å². The normalized spacial score (nSPS) is 9.81. The average Bonchev–Trinajstić information content (AvgIpc) is 2.30. The fourth-order valence-electron chi connectivity index (χ4n) is 1.38. The Bertz CT molecular complexity index is 338. The Morgan fingerprint density at radius 2 is 2.44 bits per heavy atom. The Hall–Kier alpha value is -1.68. The molecule has 0 radical (unpaired) electrons. The molecule has 0 bridgehead atoms. The molecule has 0 saturated carbocycles. The van der Waals surface area contributed by atoms with Gasteiger partial charge in [-0.1, -0.05) is 12.1 Å². The number of amides is 1. The van der Waals surface area contributed by atoms with E-state index in [1.165, 1.54) is 0 Å². The Morgan fingerprint density at radius 3 is 3.00 bits per heavy atom. The molecule has 0 fully saturated rings. The first-order chi connectivity index (χ1) is 7.77. The van der Waals surface area contributed by atoms with Crippen molar-refractivity contribution >= 4 is 5.91 Å². The van der Waals surface area contributed by atoms with E-state index in [0.717, 1.165) is 5.56 Å². The highest BCUT2D eigenvalue weighted by Crippen LogP contribution is 2.01. The number of nitrogens with zero attached hydrogens (tertiary/aromatic N) is 2. The summed E-state index contributed by atoms with van der Waals surface area (Å²) < 4.78 is 0. The van der Waals surface area contributed by atoms with Crippen molar-refractivity contribution in [2.75, 3.05) is 19.7 Å². The summed E-state index contributed by atoms with van der Waals surface area (Å²) in [7, 11) is 0. The highest BCUT2D eigenvalue weighted by atomic mass is 16.3. The molecule has 1 amide bonds. The van der Waals surface area contributed by atoms with E-state index < -0.39 is 0 Å². The molecule has 1 rings (SSSR count). The summed E-state index contributed by atoms with van der Waals surface area (Å²) in [6.45, 7) is 4.35. The van der Waals surface area contributed by atoms with Crippen LogP contribution in [0, 0.1) is 0 Å². The lowest BCUT2D eigenvalue weighted by atomic mass is 10.2. The van der Waals surface area contributed by atoms with Gasteiger partial charge in [0.15, 0.2) is 0 Å². The zero-order valence-electron chi connectivity index (χ0n) is 9.17. The molecule has 0 aromatic carbocycles. The molecular formula is C12H16N2O2. The maximum atomic E-state index is 11.8. The van der Waals surface area contributed by atoms with Gasteiger partial charge in [-0.15, -0.1) is 6.58 Å². The van der Waals surface area contributed by atoms with Gasteiger partial charge in [0.25, 0.3) is 0 Å². The zero-order valence-corrected chi connectivity index (χ0v) is 9.17. The van der Waals surface area contributed by atoms with Crippen LogP contribution in [0.5, 0.6) is 0 Å². The van der Waals surface area contributed by atoms with Crippen LogP contribution in [0.15, 0.2) is 37.2 Å². The van der Waals surface area contributed by atoms with E-state index in [0.29, 0.717) is 19.5 Å². The maximum Gasteiger partial charge on any atom is 0.227 e. The topological polar surface area (TPSA) is 53.4 Å². The largest absolute Gasteiger partial charge is 0.395 e. The molecule has 4 nitrogen and oxygen atoms in total. The summed E-state index contributed by atoms with van der Waals surface area (Å²) in [5, 5.41) is 8.84. The summed E-state index contributed by atoms with van der Waals surface area (Å²) in [4.78, 5) is 17.3. The fourth-order valence-corrected chi connectivity index (χ4v) is 1.38. The number of hydrogen-bond acceptors (Lipinski definition) is 3. The van der Waals surface area contributed by atoms with E-state index in [9.17, 15) is 4.79 Å². The first kappa shape index (κ1) is 12.4. The van der Waals surface area contributed by atoms with Crippen molar-refractivity contribution in [1.82, 2.24) is 9.88 Å². The second-order valence-electron chi connectivity index (χ2n) is 3.39. The van der Waals surface area contributed by atoms with E-state index in [4.69, 9.17) is 5.11 Å². The molecule has 4 heteroatoms. The molecule has 16 heavy (non-hydrogen) atoms. The van der Waals surface area contributed by atoms with Crippen LogP contribution in [0.2, 0.25) is 0 Å². The highest BCUT2D eigenvalue weighted by Gasteiger charge is 2.11. The smallest absolute Gasteiger partial charge is 0.227 e. The highest BCUT2D eigenvalue weighted by molar-refractivity contribution is 5.78. The van der Waals surface area contributed by atoms with Crippen LogP contribution in [0.4, 0.5) is 0 Å². The van der Waals surface area contributed by atoms with Gasteiger partial charge in [-0.05, 0) is 11.6 Å². The third-order valence-electron chi connectivity index (χ3n) is 2.15. The molecule has 0 aliphatic carbocycles. The summed E-state index contributed by atoms with van der Waals surface area (Å²) in [6, 6.07) is 3.66. The van der Waals surface area contributed by atoms with Crippen LogP contribution in [0.25, 0.3) is 0 Å². The Morgan fingerprint density at radius 1 is 1.62 bits per heavy atom. The molecule has 1 N–H and O–H groups in total. The quantitative estimate of drug-likeness (QED) is 0.715. The van der Waals surface area contributed by atoms with Gasteiger partial charge in [0.1, 0.15) is 0 Å². The van der Waals surface area contributed by atoms with Gasteiger partial charge in [-0.25, -0.2) is 0 Å². The Labute approximate surface area is 95.2 Å². The summed E-state index contributed by atoms with van der Waals surface area (Å²) in [5.74, 6) is -0.0260.